The minimum Gasteiger partial charge on any atom is -0.478 e. The first-order valence-electron chi connectivity index (χ1n) is 5.16. The van der Waals surface area contributed by atoms with E-state index >= 15 is 0 Å². The summed E-state index contributed by atoms with van der Waals surface area (Å²) >= 11 is 0. The van der Waals surface area contributed by atoms with Crippen LogP contribution in [-0.4, -0.2) is 28.6 Å². The first-order chi connectivity index (χ1) is 8.95. The van der Waals surface area contributed by atoms with Gasteiger partial charge in [0.15, 0.2) is 0 Å². The third kappa shape index (κ3) is 3.81. The van der Waals surface area contributed by atoms with Gasteiger partial charge in [-0.3, -0.25) is 10.1 Å². The number of ether oxygens (including phenoxy) is 1. The van der Waals surface area contributed by atoms with Gasteiger partial charge in [0.1, 0.15) is 0 Å². The van der Waals surface area contributed by atoms with Gasteiger partial charge in [-0.05, 0) is 13.0 Å². The quantitative estimate of drug-likeness (QED) is 0.380. The molecule has 0 aliphatic heterocycles. The van der Waals surface area contributed by atoms with Crippen LogP contribution in [0.5, 0.6) is 0 Å². The Kier molecular flexibility index (Phi) is 4.60. The number of nitrogens with zero attached hydrogens (tertiary/aromatic N) is 1. The fourth-order valence-corrected chi connectivity index (χ4v) is 1.22. The van der Waals surface area contributed by atoms with Crippen LogP contribution in [0.2, 0.25) is 0 Å². The van der Waals surface area contributed by atoms with Crippen LogP contribution < -0.4 is 0 Å². The molecule has 7 nitrogen and oxygen atoms in total. The molecule has 1 aromatic carbocycles. The number of hydrogen-bond donors (Lipinski definition) is 1. The topological polar surface area (TPSA) is 107 Å². The smallest absolute Gasteiger partial charge is 0.384 e. The van der Waals surface area contributed by atoms with Gasteiger partial charge in [-0.2, -0.15) is 0 Å². The van der Waals surface area contributed by atoms with E-state index in [0.717, 1.165) is 18.2 Å². The molecule has 0 amide bonds. The minimum absolute atomic E-state index is 0.116. The first-order valence-corrected chi connectivity index (χ1v) is 5.16. The Morgan fingerprint density at radius 1 is 1.47 bits per heavy atom. The number of carboxylic acids is 1. The molecule has 19 heavy (non-hydrogen) atoms. The lowest BCUT2D eigenvalue weighted by Gasteiger charge is -1.99. The summed E-state index contributed by atoms with van der Waals surface area (Å²) in [5, 5.41) is 19.5. The zero-order chi connectivity index (χ0) is 14.4. The zero-order valence-electron chi connectivity index (χ0n) is 9.87. The SMILES string of the molecule is CCOC(=O)C#Cc1cc([N+](=O)[O-])ccc1C(=O)O. The molecule has 7 heteroatoms. The number of esters is 1. The molecule has 0 atom stereocenters. The predicted octanol–water partition coefficient (Wildman–Crippen LogP) is 1.21. The Bertz CT molecular complexity index is 596. The number of nitro groups is 1. The molecular weight excluding hydrogens is 254 g/mol. The van der Waals surface area contributed by atoms with Crippen LogP contribution in [0.25, 0.3) is 0 Å². The van der Waals surface area contributed by atoms with Crippen LogP contribution in [0, 0.1) is 22.0 Å². The lowest BCUT2D eigenvalue weighted by molar-refractivity contribution is -0.384. The normalized spacial score (nSPS) is 9.11. The van der Waals surface area contributed by atoms with E-state index in [1.54, 1.807) is 6.92 Å². The van der Waals surface area contributed by atoms with Gasteiger partial charge in [-0.1, -0.05) is 5.92 Å². The standard InChI is InChI=1S/C12H9NO6/c1-2-19-11(14)6-3-8-7-9(13(17)18)4-5-10(8)12(15)16/h4-5,7H,2H2,1H3,(H,15,16). The molecule has 0 heterocycles. The van der Waals surface area contributed by atoms with Gasteiger partial charge < -0.3 is 9.84 Å². The molecule has 0 aromatic heterocycles. The predicted molar refractivity (Wildman–Crippen MR) is 63.6 cm³/mol. The molecule has 1 N–H and O–H groups in total. The largest absolute Gasteiger partial charge is 0.478 e. The molecule has 0 unspecified atom stereocenters. The van der Waals surface area contributed by atoms with Crippen LogP contribution in [0.4, 0.5) is 5.69 Å². The van der Waals surface area contributed by atoms with Crippen LogP contribution in [0.1, 0.15) is 22.8 Å². The van der Waals surface area contributed by atoms with Crippen molar-refractivity contribution in [1.82, 2.24) is 0 Å². The molecule has 98 valence electrons. The van der Waals surface area contributed by atoms with E-state index in [1.807, 2.05) is 0 Å². The van der Waals surface area contributed by atoms with E-state index in [2.05, 4.69) is 16.6 Å². The summed E-state index contributed by atoms with van der Waals surface area (Å²) in [5.41, 5.74) is -0.643. The monoisotopic (exact) mass is 263 g/mol. The average Bonchev–Trinajstić information content (AvgIpc) is 2.36. The molecule has 0 aliphatic rings. The van der Waals surface area contributed by atoms with Gasteiger partial charge in [0, 0.05) is 23.6 Å². The molecular formula is C12H9NO6. The molecule has 0 aliphatic carbocycles. The van der Waals surface area contributed by atoms with Crippen LogP contribution in [0.3, 0.4) is 0 Å². The second-order valence-corrected chi connectivity index (χ2v) is 3.26. The summed E-state index contributed by atoms with van der Waals surface area (Å²) in [5.74, 6) is 2.21. The molecule has 0 bridgehead atoms. The van der Waals surface area contributed by atoms with Crippen molar-refractivity contribution < 1.29 is 24.4 Å². The molecule has 1 aromatic rings. The first kappa shape index (κ1) is 14.2. The van der Waals surface area contributed by atoms with Crippen molar-refractivity contribution >= 4 is 17.6 Å². The van der Waals surface area contributed by atoms with Crippen LogP contribution in [0.15, 0.2) is 18.2 Å². The molecule has 0 fully saturated rings. The molecule has 0 saturated heterocycles. The molecule has 0 saturated carbocycles. The van der Waals surface area contributed by atoms with Gasteiger partial charge >= 0.3 is 11.9 Å². The Labute approximate surface area is 108 Å². The maximum Gasteiger partial charge on any atom is 0.384 e. The van der Waals surface area contributed by atoms with Gasteiger partial charge in [0.2, 0.25) is 0 Å². The van der Waals surface area contributed by atoms with E-state index in [0.29, 0.717) is 0 Å². The summed E-state index contributed by atoms with van der Waals surface area (Å²) in [4.78, 5) is 31.9. The van der Waals surface area contributed by atoms with Crippen molar-refractivity contribution in [1.29, 1.82) is 0 Å². The highest BCUT2D eigenvalue weighted by Gasteiger charge is 2.14. The second kappa shape index (κ2) is 6.16. The lowest BCUT2D eigenvalue weighted by atomic mass is 10.1. The number of non-ortho nitro benzene ring substituents is 1. The van der Waals surface area contributed by atoms with E-state index in [-0.39, 0.29) is 23.4 Å². The number of carbonyl (C=O) groups excluding carboxylic acids is 1. The number of aromatic carboxylic acids is 1. The number of rotatable bonds is 3. The summed E-state index contributed by atoms with van der Waals surface area (Å²) in [6, 6.07) is 3.12. The maximum absolute atomic E-state index is 11.0. The fourth-order valence-electron chi connectivity index (χ4n) is 1.22. The van der Waals surface area contributed by atoms with Crippen molar-refractivity contribution in [2.45, 2.75) is 6.92 Å². The van der Waals surface area contributed by atoms with Crippen molar-refractivity contribution in [2.24, 2.45) is 0 Å². The zero-order valence-corrected chi connectivity index (χ0v) is 9.87. The van der Waals surface area contributed by atoms with Crippen molar-refractivity contribution in [3.05, 3.63) is 39.4 Å². The third-order valence-corrected chi connectivity index (χ3v) is 2.02. The Morgan fingerprint density at radius 3 is 2.68 bits per heavy atom. The fraction of sp³-hybridized carbons (Fsp3) is 0.167. The summed E-state index contributed by atoms with van der Waals surface area (Å²) < 4.78 is 4.55. The van der Waals surface area contributed by atoms with E-state index < -0.39 is 16.9 Å². The third-order valence-electron chi connectivity index (χ3n) is 2.02. The van der Waals surface area contributed by atoms with E-state index in [9.17, 15) is 19.7 Å². The van der Waals surface area contributed by atoms with Crippen molar-refractivity contribution in [3.8, 4) is 11.8 Å². The van der Waals surface area contributed by atoms with Gasteiger partial charge in [0.25, 0.3) is 5.69 Å². The Balaban J connectivity index is 3.22. The van der Waals surface area contributed by atoms with Crippen molar-refractivity contribution in [2.75, 3.05) is 6.61 Å². The van der Waals surface area contributed by atoms with Crippen LogP contribution >= 0.6 is 0 Å². The highest BCUT2D eigenvalue weighted by molar-refractivity contribution is 5.93. The average molecular weight is 263 g/mol. The molecule has 1 rings (SSSR count). The molecule has 0 radical (unpaired) electrons. The highest BCUT2D eigenvalue weighted by atomic mass is 16.6. The number of carboxylic acid groups (broad SMARTS) is 1. The minimum atomic E-state index is -1.29. The number of benzene rings is 1. The van der Waals surface area contributed by atoms with E-state index in [1.165, 1.54) is 0 Å². The molecule has 0 spiro atoms. The lowest BCUT2D eigenvalue weighted by Crippen LogP contribution is -2.03. The Hall–Kier alpha value is -2.88. The summed E-state index contributed by atoms with van der Waals surface area (Å²) in [6.45, 7) is 1.73. The summed E-state index contributed by atoms with van der Waals surface area (Å²) in [7, 11) is 0. The van der Waals surface area contributed by atoms with Gasteiger partial charge in [-0.15, -0.1) is 0 Å². The maximum atomic E-state index is 11.0. The van der Waals surface area contributed by atoms with Crippen molar-refractivity contribution in [3.63, 3.8) is 0 Å². The van der Waals surface area contributed by atoms with Gasteiger partial charge in [0.05, 0.1) is 17.1 Å². The highest BCUT2D eigenvalue weighted by Crippen LogP contribution is 2.17. The number of hydrogen-bond acceptors (Lipinski definition) is 5. The summed E-state index contributed by atoms with van der Waals surface area (Å²) in [6.07, 6.45) is 0. The van der Waals surface area contributed by atoms with Crippen LogP contribution in [-0.2, 0) is 9.53 Å². The Morgan fingerprint density at radius 2 is 2.16 bits per heavy atom. The number of carbonyl (C=O) groups is 2. The second-order valence-electron chi connectivity index (χ2n) is 3.26. The van der Waals surface area contributed by atoms with E-state index in [4.69, 9.17) is 5.11 Å². The number of nitro benzene ring substituents is 1. The van der Waals surface area contributed by atoms with Gasteiger partial charge in [-0.25, -0.2) is 9.59 Å².